The van der Waals surface area contributed by atoms with Gasteiger partial charge in [-0.3, -0.25) is 9.89 Å². The summed E-state index contributed by atoms with van der Waals surface area (Å²) < 4.78 is 2.25. The molecular weight excluding hydrogens is 372 g/mol. The van der Waals surface area contributed by atoms with Crippen molar-refractivity contribution in [2.45, 2.75) is 51.7 Å². The first-order valence-corrected chi connectivity index (χ1v) is 11.5. The molecular formula is C24H36N6. The maximum atomic E-state index is 4.61. The molecule has 2 aliphatic rings. The molecule has 2 fully saturated rings. The fraction of sp³-hybridized carbons (Fsp3) is 0.583. The largest absolute Gasteiger partial charge is 0.352 e. The van der Waals surface area contributed by atoms with Gasteiger partial charge in [0.25, 0.3) is 0 Å². The molecule has 1 aromatic heterocycles. The number of rotatable bonds is 5. The number of hydrogen-bond donors (Lipinski definition) is 1. The average molecular weight is 409 g/mol. The van der Waals surface area contributed by atoms with Crippen LogP contribution in [0.5, 0.6) is 0 Å². The predicted octanol–water partition coefficient (Wildman–Crippen LogP) is 3.53. The summed E-state index contributed by atoms with van der Waals surface area (Å²) in [5.74, 6) is 1.64. The van der Waals surface area contributed by atoms with Gasteiger partial charge >= 0.3 is 0 Å². The van der Waals surface area contributed by atoms with Gasteiger partial charge in [-0.05, 0) is 49.4 Å². The summed E-state index contributed by atoms with van der Waals surface area (Å²) in [6, 6.07) is 9.29. The van der Waals surface area contributed by atoms with E-state index < -0.39 is 0 Å². The molecule has 2 saturated heterocycles. The Balaban J connectivity index is 1.39. The molecule has 2 atom stereocenters. The zero-order valence-electron chi connectivity index (χ0n) is 18.5. The summed E-state index contributed by atoms with van der Waals surface area (Å²) in [4.78, 5) is 13.9. The van der Waals surface area contributed by atoms with Crippen LogP contribution in [-0.2, 0) is 13.1 Å². The van der Waals surface area contributed by atoms with Gasteiger partial charge in [0.15, 0.2) is 5.96 Å². The van der Waals surface area contributed by atoms with Gasteiger partial charge in [-0.15, -0.1) is 0 Å². The Morgan fingerprint density at radius 1 is 1.13 bits per heavy atom. The highest BCUT2D eigenvalue weighted by Gasteiger charge is 2.28. The number of imidazole rings is 1. The summed E-state index contributed by atoms with van der Waals surface area (Å²) in [5, 5.41) is 3.65. The maximum absolute atomic E-state index is 4.61. The van der Waals surface area contributed by atoms with E-state index in [1.807, 2.05) is 19.6 Å². The number of aliphatic imine (C=N–C) groups is 1. The number of piperidine rings is 2. The lowest BCUT2D eigenvalue weighted by Gasteiger charge is -2.39. The summed E-state index contributed by atoms with van der Waals surface area (Å²) in [6.45, 7) is 8.68. The minimum absolute atomic E-state index is 0.436. The van der Waals surface area contributed by atoms with Crippen molar-refractivity contribution in [1.29, 1.82) is 0 Å². The van der Waals surface area contributed by atoms with Crippen LogP contribution in [-0.4, -0.2) is 58.5 Å². The maximum Gasteiger partial charge on any atom is 0.193 e. The van der Waals surface area contributed by atoms with E-state index in [2.05, 4.69) is 67.0 Å². The minimum atomic E-state index is 0.436. The van der Waals surface area contributed by atoms with Crippen molar-refractivity contribution in [3.8, 4) is 0 Å². The molecule has 0 amide bonds. The summed E-state index contributed by atoms with van der Waals surface area (Å²) in [6.07, 6.45) is 11.1. The normalized spacial score (nSPS) is 23.5. The van der Waals surface area contributed by atoms with Crippen molar-refractivity contribution >= 4 is 5.96 Å². The number of guanidine groups is 1. The van der Waals surface area contributed by atoms with Crippen LogP contribution in [0.3, 0.4) is 0 Å². The first kappa shape index (κ1) is 20.9. The van der Waals surface area contributed by atoms with Crippen molar-refractivity contribution in [3.63, 3.8) is 0 Å². The Labute approximate surface area is 181 Å². The molecule has 0 spiro atoms. The zero-order valence-corrected chi connectivity index (χ0v) is 18.5. The third-order valence-corrected chi connectivity index (χ3v) is 6.74. The van der Waals surface area contributed by atoms with Gasteiger partial charge < -0.3 is 14.8 Å². The van der Waals surface area contributed by atoms with E-state index >= 15 is 0 Å². The predicted molar refractivity (Wildman–Crippen MR) is 122 cm³/mol. The highest BCUT2D eigenvalue weighted by Crippen LogP contribution is 2.27. The van der Waals surface area contributed by atoms with Crippen LogP contribution in [0.4, 0.5) is 0 Å². The Morgan fingerprint density at radius 3 is 2.67 bits per heavy atom. The molecule has 6 heteroatoms. The van der Waals surface area contributed by atoms with Crippen LogP contribution >= 0.6 is 0 Å². The molecule has 2 aromatic rings. The van der Waals surface area contributed by atoms with Gasteiger partial charge in [-0.25, -0.2) is 4.98 Å². The summed E-state index contributed by atoms with van der Waals surface area (Å²) in [5.41, 5.74) is 2.81. The second-order valence-corrected chi connectivity index (χ2v) is 8.80. The molecule has 6 nitrogen and oxygen atoms in total. The number of likely N-dealkylation sites (tertiary alicyclic amines) is 2. The number of hydrogen-bond acceptors (Lipinski definition) is 3. The van der Waals surface area contributed by atoms with Crippen molar-refractivity contribution in [2.75, 3.05) is 33.2 Å². The molecule has 1 N–H and O–H groups in total. The van der Waals surface area contributed by atoms with Gasteiger partial charge in [0, 0.05) is 45.6 Å². The lowest BCUT2D eigenvalue weighted by molar-refractivity contribution is 0.189. The molecule has 0 bridgehead atoms. The molecule has 30 heavy (non-hydrogen) atoms. The molecule has 0 radical (unpaired) electrons. The second-order valence-electron chi connectivity index (χ2n) is 8.80. The van der Waals surface area contributed by atoms with Crippen LogP contribution in [0.25, 0.3) is 0 Å². The van der Waals surface area contributed by atoms with Crippen LogP contribution in [0, 0.1) is 5.92 Å². The standard InChI is InChI=1S/C24H36N6/c1-20-10-14-29(18-23(20)30-15-11-26-19-30)24(25-2)27-16-21-8-4-5-9-22(21)17-28-12-6-3-7-13-28/h4-5,8-9,11,15,19-20,23H,3,6-7,10,12-14,16-18H2,1-2H3,(H,25,27). The Kier molecular flexibility index (Phi) is 7.05. The molecule has 1 aromatic carbocycles. The van der Waals surface area contributed by atoms with Crippen molar-refractivity contribution < 1.29 is 0 Å². The van der Waals surface area contributed by atoms with Gasteiger partial charge in [-0.2, -0.15) is 0 Å². The van der Waals surface area contributed by atoms with Crippen molar-refractivity contribution in [3.05, 3.63) is 54.1 Å². The average Bonchev–Trinajstić information content (AvgIpc) is 3.31. The molecule has 162 valence electrons. The van der Waals surface area contributed by atoms with E-state index in [1.165, 1.54) is 43.5 Å². The quantitative estimate of drug-likeness (QED) is 0.607. The summed E-state index contributed by atoms with van der Waals surface area (Å²) >= 11 is 0. The van der Waals surface area contributed by atoms with E-state index in [9.17, 15) is 0 Å². The minimum Gasteiger partial charge on any atom is -0.352 e. The molecule has 0 saturated carbocycles. The number of aromatic nitrogens is 2. The fourth-order valence-electron chi connectivity index (χ4n) is 4.84. The SMILES string of the molecule is CN=C(NCc1ccccc1CN1CCCCC1)N1CCC(C)C(n2ccnc2)C1. The second kappa shape index (κ2) is 10.1. The van der Waals surface area contributed by atoms with E-state index in [1.54, 1.807) is 0 Å². The van der Waals surface area contributed by atoms with Crippen molar-refractivity contribution in [2.24, 2.45) is 10.9 Å². The Hall–Kier alpha value is -2.34. The van der Waals surface area contributed by atoms with Crippen molar-refractivity contribution in [1.82, 2.24) is 24.7 Å². The third-order valence-electron chi connectivity index (χ3n) is 6.74. The Bertz CT molecular complexity index is 809. The zero-order chi connectivity index (χ0) is 20.8. The number of benzene rings is 1. The number of nitrogens with zero attached hydrogens (tertiary/aromatic N) is 5. The smallest absolute Gasteiger partial charge is 0.193 e. The van der Waals surface area contributed by atoms with Gasteiger partial charge in [0.1, 0.15) is 0 Å². The van der Waals surface area contributed by atoms with Crippen LogP contribution < -0.4 is 5.32 Å². The Morgan fingerprint density at radius 2 is 1.93 bits per heavy atom. The molecule has 2 unspecified atom stereocenters. The lowest BCUT2D eigenvalue weighted by atomic mass is 9.93. The molecule has 0 aliphatic carbocycles. The highest BCUT2D eigenvalue weighted by molar-refractivity contribution is 5.80. The number of nitrogens with one attached hydrogen (secondary N) is 1. The van der Waals surface area contributed by atoms with Crippen LogP contribution in [0.15, 0.2) is 48.0 Å². The lowest BCUT2D eigenvalue weighted by Crippen LogP contribution is -2.48. The van der Waals surface area contributed by atoms with E-state index in [0.29, 0.717) is 12.0 Å². The first-order valence-electron chi connectivity index (χ1n) is 11.5. The monoisotopic (exact) mass is 408 g/mol. The van der Waals surface area contributed by atoms with E-state index in [-0.39, 0.29) is 0 Å². The molecule has 4 rings (SSSR count). The van der Waals surface area contributed by atoms with Gasteiger partial charge in [0.2, 0.25) is 0 Å². The van der Waals surface area contributed by atoms with Gasteiger partial charge in [-0.1, -0.05) is 37.6 Å². The topological polar surface area (TPSA) is 48.7 Å². The third kappa shape index (κ3) is 5.04. The van der Waals surface area contributed by atoms with Crippen LogP contribution in [0.2, 0.25) is 0 Å². The van der Waals surface area contributed by atoms with Gasteiger partial charge in [0.05, 0.1) is 12.4 Å². The fourth-order valence-corrected chi connectivity index (χ4v) is 4.84. The summed E-state index contributed by atoms with van der Waals surface area (Å²) in [7, 11) is 1.90. The van der Waals surface area contributed by atoms with E-state index in [4.69, 9.17) is 0 Å². The molecule has 2 aliphatic heterocycles. The highest BCUT2D eigenvalue weighted by atomic mass is 15.3. The first-order chi connectivity index (χ1) is 14.7. The molecule has 3 heterocycles. The van der Waals surface area contributed by atoms with E-state index in [0.717, 1.165) is 38.6 Å². The van der Waals surface area contributed by atoms with Crippen LogP contribution in [0.1, 0.15) is 49.8 Å².